The van der Waals surface area contributed by atoms with Gasteiger partial charge in [0.1, 0.15) is 11.9 Å². The summed E-state index contributed by atoms with van der Waals surface area (Å²) in [6.45, 7) is 7.73. The van der Waals surface area contributed by atoms with Crippen LogP contribution >= 0.6 is 0 Å². The molecule has 9 heteroatoms. The van der Waals surface area contributed by atoms with Crippen LogP contribution in [0.4, 0.5) is 16.2 Å². The molecule has 0 radical (unpaired) electrons. The summed E-state index contributed by atoms with van der Waals surface area (Å²) in [6, 6.07) is 7.60. The fourth-order valence-corrected chi connectivity index (χ4v) is 4.34. The van der Waals surface area contributed by atoms with Crippen LogP contribution in [-0.4, -0.2) is 58.9 Å². The van der Waals surface area contributed by atoms with E-state index in [1.165, 1.54) is 13.1 Å². The zero-order valence-electron chi connectivity index (χ0n) is 19.4. The Morgan fingerprint density at radius 1 is 1.24 bits per heavy atom. The van der Waals surface area contributed by atoms with Crippen molar-refractivity contribution in [3.63, 3.8) is 0 Å². The number of aromatic nitrogens is 2. The molecule has 2 aromatic rings. The maximum atomic E-state index is 14.6. The molecule has 2 fully saturated rings. The van der Waals surface area contributed by atoms with E-state index in [1.54, 1.807) is 0 Å². The van der Waals surface area contributed by atoms with E-state index in [4.69, 9.17) is 4.74 Å². The summed E-state index contributed by atoms with van der Waals surface area (Å²) >= 11 is 0. The van der Waals surface area contributed by atoms with Crippen molar-refractivity contribution in [2.45, 2.75) is 57.8 Å². The van der Waals surface area contributed by atoms with Crippen LogP contribution in [0.5, 0.6) is 5.75 Å². The predicted octanol–water partition coefficient (Wildman–Crippen LogP) is 2.82. The predicted molar refractivity (Wildman–Crippen MR) is 124 cm³/mol. The van der Waals surface area contributed by atoms with Gasteiger partial charge in [-0.2, -0.15) is 4.98 Å². The summed E-state index contributed by atoms with van der Waals surface area (Å²) in [5.41, 5.74) is 0.333. The van der Waals surface area contributed by atoms with Gasteiger partial charge in [-0.1, -0.05) is 12.1 Å². The van der Waals surface area contributed by atoms with Gasteiger partial charge in [0.15, 0.2) is 11.6 Å². The molecule has 0 aliphatic carbocycles. The topological polar surface area (TPSA) is 90.8 Å². The van der Waals surface area contributed by atoms with E-state index in [9.17, 15) is 14.3 Å². The van der Waals surface area contributed by atoms with Gasteiger partial charge in [0.25, 0.3) is 0 Å². The van der Waals surface area contributed by atoms with Crippen LogP contribution in [0, 0.1) is 5.82 Å². The third-order valence-corrected chi connectivity index (χ3v) is 6.38. The second kappa shape index (κ2) is 9.51. The average Bonchev–Trinajstić information content (AvgIpc) is 3.22. The standard InChI is InChI=1S/C24H32FN5O3/c1-16(27-17(2)31)18-4-6-19(7-5-18)33-20-8-11-30(15-20)22-21(25)14-26-23(28-22)29-12-9-24(3,32)10-13-29/h4-7,14,16,20,32H,8-13,15H2,1-3H3,(H,27,31)/t16-,20+/m0/s1. The molecule has 2 N–H and O–H groups in total. The summed E-state index contributed by atoms with van der Waals surface area (Å²) in [6.07, 6.45) is 3.17. The molecule has 2 atom stereocenters. The molecule has 0 bridgehead atoms. The lowest BCUT2D eigenvalue weighted by atomic mass is 9.94. The number of aliphatic hydroxyl groups is 1. The first-order chi connectivity index (χ1) is 15.7. The number of ether oxygens (including phenoxy) is 1. The van der Waals surface area contributed by atoms with Crippen LogP contribution in [-0.2, 0) is 4.79 Å². The van der Waals surface area contributed by atoms with E-state index >= 15 is 0 Å². The SMILES string of the molecule is CC(=O)N[C@@H](C)c1ccc(O[C@@H]2CCN(c3nc(N4CCC(C)(O)CC4)ncc3F)C2)cc1. The number of hydrogen-bond donors (Lipinski definition) is 2. The van der Waals surface area contributed by atoms with Crippen molar-refractivity contribution in [2.24, 2.45) is 0 Å². The monoisotopic (exact) mass is 457 g/mol. The first-order valence-electron chi connectivity index (χ1n) is 11.5. The Morgan fingerprint density at radius 3 is 2.61 bits per heavy atom. The second-order valence-corrected chi connectivity index (χ2v) is 9.29. The maximum absolute atomic E-state index is 14.6. The van der Waals surface area contributed by atoms with E-state index < -0.39 is 11.4 Å². The number of halogens is 1. The first kappa shape index (κ1) is 23.2. The van der Waals surface area contributed by atoms with E-state index in [-0.39, 0.29) is 18.1 Å². The van der Waals surface area contributed by atoms with E-state index in [0.717, 1.165) is 17.7 Å². The number of carbonyl (C=O) groups excluding carboxylic acids is 1. The van der Waals surface area contributed by atoms with Gasteiger partial charge in [0, 0.05) is 33.0 Å². The molecule has 178 valence electrons. The Morgan fingerprint density at radius 2 is 1.94 bits per heavy atom. The second-order valence-electron chi connectivity index (χ2n) is 9.29. The van der Waals surface area contributed by atoms with E-state index in [0.29, 0.717) is 50.8 Å². The van der Waals surface area contributed by atoms with Crippen molar-refractivity contribution in [1.29, 1.82) is 0 Å². The number of nitrogens with one attached hydrogen (secondary N) is 1. The minimum Gasteiger partial charge on any atom is -0.489 e. The Bertz CT molecular complexity index is 975. The van der Waals surface area contributed by atoms with Crippen LogP contribution in [0.2, 0.25) is 0 Å². The number of anilines is 2. The van der Waals surface area contributed by atoms with E-state index in [2.05, 4.69) is 15.3 Å². The maximum Gasteiger partial charge on any atom is 0.227 e. The summed E-state index contributed by atoms with van der Waals surface area (Å²) in [7, 11) is 0. The van der Waals surface area contributed by atoms with Crippen molar-refractivity contribution in [3.05, 3.63) is 41.8 Å². The van der Waals surface area contributed by atoms with Gasteiger partial charge in [0.05, 0.1) is 24.4 Å². The zero-order chi connectivity index (χ0) is 23.6. The van der Waals surface area contributed by atoms with Gasteiger partial charge in [-0.3, -0.25) is 4.79 Å². The minimum atomic E-state index is -0.668. The number of rotatable bonds is 6. The molecule has 0 saturated carbocycles. The molecule has 2 aliphatic heterocycles. The van der Waals surface area contributed by atoms with Gasteiger partial charge >= 0.3 is 0 Å². The van der Waals surface area contributed by atoms with Gasteiger partial charge < -0.3 is 25.0 Å². The van der Waals surface area contributed by atoms with Gasteiger partial charge in [0.2, 0.25) is 11.9 Å². The molecule has 1 aromatic heterocycles. The Kier molecular flexibility index (Phi) is 6.69. The van der Waals surface area contributed by atoms with Crippen molar-refractivity contribution in [1.82, 2.24) is 15.3 Å². The fraction of sp³-hybridized carbons (Fsp3) is 0.542. The smallest absolute Gasteiger partial charge is 0.227 e. The normalized spacial score (nSPS) is 21.1. The molecule has 2 saturated heterocycles. The van der Waals surface area contributed by atoms with Crippen LogP contribution in [0.25, 0.3) is 0 Å². The van der Waals surface area contributed by atoms with Crippen molar-refractivity contribution in [3.8, 4) is 5.75 Å². The third kappa shape index (κ3) is 5.71. The van der Waals surface area contributed by atoms with E-state index in [1.807, 2.05) is 47.9 Å². The average molecular weight is 458 g/mol. The molecular weight excluding hydrogens is 425 g/mol. The van der Waals surface area contributed by atoms with Crippen molar-refractivity contribution in [2.75, 3.05) is 36.0 Å². The lowest BCUT2D eigenvalue weighted by Gasteiger charge is -2.36. The summed E-state index contributed by atoms with van der Waals surface area (Å²) < 4.78 is 20.7. The molecular formula is C24H32FN5O3. The Hall–Kier alpha value is -2.94. The fourth-order valence-electron chi connectivity index (χ4n) is 4.34. The Labute approximate surface area is 193 Å². The molecule has 1 aromatic carbocycles. The summed E-state index contributed by atoms with van der Waals surface area (Å²) in [5, 5.41) is 13.0. The summed E-state index contributed by atoms with van der Waals surface area (Å²) in [5.74, 6) is 1.02. The number of benzene rings is 1. The van der Waals surface area contributed by atoms with Gasteiger partial charge in [-0.05, 0) is 44.4 Å². The number of nitrogens with zero attached hydrogens (tertiary/aromatic N) is 4. The molecule has 33 heavy (non-hydrogen) atoms. The Balaban J connectivity index is 1.37. The molecule has 4 rings (SSSR count). The molecule has 3 heterocycles. The number of piperidine rings is 1. The lowest BCUT2D eigenvalue weighted by Crippen LogP contribution is -2.43. The highest BCUT2D eigenvalue weighted by Gasteiger charge is 2.31. The lowest BCUT2D eigenvalue weighted by molar-refractivity contribution is -0.119. The third-order valence-electron chi connectivity index (χ3n) is 6.38. The zero-order valence-corrected chi connectivity index (χ0v) is 19.4. The highest BCUT2D eigenvalue weighted by atomic mass is 19.1. The largest absolute Gasteiger partial charge is 0.489 e. The number of amides is 1. The van der Waals surface area contributed by atoms with Crippen LogP contribution in [0.15, 0.2) is 30.5 Å². The highest BCUT2D eigenvalue weighted by molar-refractivity contribution is 5.73. The highest BCUT2D eigenvalue weighted by Crippen LogP contribution is 2.28. The summed E-state index contributed by atoms with van der Waals surface area (Å²) in [4.78, 5) is 23.8. The molecule has 0 spiro atoms. The van der Waals surface area contributed by atoms with Gasteiger partial charge in [-0.25, -0.2) is 9.37 Å². The van der Waals surface area contributed by atoms with Crippen LogP contribution in [0.3, 0.4) is 0 Å². The van der Waals surface area contributed by atoms with Crippen LogP contribution in [0.1, 0.15) is 51.6 Å². The molecule has 1 amide bonds. The van der Waals surface area contributed by atoms with Crippen molar-refractivity contribution < 1.29 is 19.0 Å². The number of carbonyl (C=O) groups is 1. The molecule has 2 aliphatic rings. The molecule has 8 nitrogen and oxygen atoms in total. The van der Waals surface area contributed by atoms with Crippen molar-refractivity contribution >= 4 is 17.7 Å². The molecule has 0 unspecified atom stereocenters. The van der Waals surface area contributed by atoms with Gasteiger partial charge in [-0.15, -0.1) is 0 Å². The minimum absolute atomic E-state index is 0.0684. The van der Waals surface area contributed by atoms with Crippen LogP contribution < -0.4 is 19.9 Å². The quantitative estimate of drug-likeness (QED) is 0.689. The number of hydrogen-bond acceptors (Lipinski definition) is 7. The first-order valence-corrected chi connectivity index (χ1v) is 11.5.